The van der Waals surface area contributed by atoms with Gasteiger partial charge in [0.25, 0.3) is 15.9 Å². The lowest BCUT2D eigenvalue weighted by atomic mass is 9.87. The molecule has 0 saturated carbocycles. The number of rotatable bonds is 5. The summed E-state index contributed by atoms with van der Waals surface area (Å²) in [5.41, 5.74) is 2.72. The lowest BCUT2D eigenvalue weighted by molar-refractivity contribution is 0.102. The van der Waals surface area contributed by atoms with Crippen molar-refractivity contribution in [2.75, 3.05) is 10.0 Å². The predicted octanol–water partition coefficient (Wildman–Crippen LogP) is 5.64. The highest BCUT2D eigenvalue weighted by molar-refractivity contribution is 14.1. The molecule has 0 radical (unpaired) electrons. The minimum absolute atomic E-state index is 0.0164. The van der Waals surface area contributed by atoms with E-state index in [0.717, 1.165) is 9.13 Å². The van der Waals surface area contributed by atoms with Crippen LogP contribution in [-0.4, -0.2) is 14.3 Å². The monoisotopic (exact) mass is 534 g/mol. The molecule has 1 amide bonds. The van der Waals surface area contributed by atoms with Gasteiger partial charge in [-0.2, -0.15) is 0 Å². The van der Waals surface area contributed by atoms with Crippen molar-refractivity contribution >= 4 is 49.9 Å². The van der Waals surface area contributed by atoms with E-state index < -0.39 is 10.0 Å². The van der Waals surface area contributed by atoms with Gasteiger partial charge in [-0.1, -0.05) is 32.9 Å². The molecule has 5 nitrogen and oxygen atoms in total. The zero-order valence-electron chi connectivity index (χ0n) is 16.9. The molecule has 30 heavy (non-hydrogen) atoms. The van der Waals surface area contributed by atoms with Gasteiger partial charge in [0.1, 0.15) is 0 Å². The first kappa shape index (κ1) is 22.3. The first-order valence-electron chi connectivity index (χ1n) is 9.35. The second-order valence-corrected chi connectivity index (χ2v) is 10.8. The highest BCUT2D eigenvalue weighted by atomic mass is 127. The Morgan fingerprint density at radius 3 is 1.87 bits per heavy atom. The lowest BCUT2D eigenvalue weighted by Gasteiger charge is -2.19. The first-order chi connectivity index (χ1) is 14.0. The van der Waals surface area contributed by atoms with Gasteiger partial charge in [-0.15, -0.1) is 0 Å². The average molecular weight is 534 g/mol. The van der Waals surface area contributed by atoms with E-state index >= 15 is 0 Å². The molecule has 3 aromatic carbocycles. The molecule has 0 aliphatic carbocycles. The Balaban J connectivity index is 1.69. The molecule has 3 rings (SSSR count). The standard InChI is InChI=1S/C23H23IN2O3S/c1-23(2,3)17-6-4-16(5-7-17)22(27)25-19-12-14-21(15-13-19)30(28,29)26-20-10-8-18(24)9-11-20/h4-15,26H,1-3H3,(H,25,27). The fourth-order valence-corrected chi connectivity index (χ4v) is 4.19. The van der Waals surface area contributed by atoms with Crippen molar-refractivity contribution in [1.29, 1.82) is 0 Å². The molecular weight excluding hydrogens is 511 g/mol. The second-order valence-electron chi connectivity index (χ2n) is 7.92. The summed E-state index contributed by atoms with van der Waals surface area (Å²) in [6.07, 6.45) is 0. The molecule has 0 fully saturated rings. The Morgan fingerprint density at radius 1 is 0.800 bits per heavy atom. The van der Waals surface area contributed by atoms with Crippen LogP contribution >= 0.6 is 22.6 Å². The van der Waals surface area contributed by atoms with Gasteiger partial charge < -0.3 is 5.32 Å². The number of anilines is 2. The molecule has 0 atom stereocenters. The molecule has 156 valence electrons. The van der Waals surface area contributed by atoms with Crippen LogP contribution in [0.1, 0.15) is 36.7 Å². The van der Waals surface area contributed by atoms with E-state index in [1.165, 1.54) is 12.1 Å². The molecule has 0 aromatic heterocycles. The Bertz CT molecular complexity index is 1130. The van der Waals surface area contributed by atoms with Gasteiger partial charge in [-0.05, 0) is 94.2 Å². The maximum absolute atomic E-state index is 12.6. The summed E-state index contributed by atoms with van der Waals surface area (Å²) < 4.78 is 28.7. The van der Waals surface area contributed by atoms with Crippen LogP contribution in [0.2, 0.25) is 0 Å². The molecule has 0 unspecified atom stereocenters. The number of carbonyl (C=O) groups excluding carboxylic acids is 1. The molecule has 0 spiro atoms. The number of hydrogen-bond donors (Lipinski definition) is 2. The van der Waals surface area contributed by atoms with Crippen LogP contribution in [0.15, 0.2) is 77.7 Å². The zero-order chi connectivity index (χ0) is 21.9. The van der Waals surface area contributed by atoms with Gasteiger partial charge >= 0.3 is 0 Å². The van der Waals surface area contributed by atoms with Gasteiger partial charge in [0.05, 0.1) is 4.90 Å². The van der Waals surface area contributed by atoms with Crippen molar-refractivity contribution in [2.24, 2.45) is 0 Å². The van der Waals surface area contributed by atoms with Crippen LogP contribution in [0.3, 0.4) is 0 Å². The van der Waals surface area contributed by atoms with Gasteiger partial charge in [0, 0.05) is 20.5 Å². The maximum Gasteiger partial charge on any atom is 0.261 e. The van der Waals surface area contributed by atoms with E-state index in [1.54, 1.807) is 36.4 Å². The Kier molecular flexibility index (Phi) is 6.52. The first-order valence-corrected chi connectivity index (χ1v) is 11.9. The molecule has 0 saturated heterocycles. The predicted molar refractivity (Wildman–Crippen MR) is 130 cm³/mol. The SMILES string of the molecule is CC(C)(C)c1ccc(C(=O)Nc2ccc(S(=O)(=O)Nc3ccc(I)cc3)cc2)cc1. The normalized spacial score (nSPS) is 11.7. The fraction of sp³-hybridized carbons (Fsp3) is 0.174. The van der Waals surface area contributed by atoms with Crippen molar-refractivity contribution in [3.05, 3.63) is 87.5 Å². The van der Waals surface area contributed by atoms with E-state index in [2.05, 4.69) is 53.4 Å². The minimum Gasteiger partial charge on any atom is -0.322 e. The number of nitrogens with one attached hydrogen (secondary N) is 2. The number of amides is 1. The second kappa shape index (κ2) is 8.77. The third-order valence-corrected chi connectivity index (χ3v) is 6.65. The third-order valence-electron chi connectivity index (χ3n) is 4.53. The topological polar surface area (TPSA) is 75.3 Å². The van der Waals surface area contributed by atoms with Crippen molar-refractivity contribution < 1.29 is 13.2 Å². The molecule has 2 N–H and O–H groups in total. The average Bonchev–Trinajstić information content (AvgIpc) is 2.69. The Morgan fingerprint density at radius 2 is 1.33 bits per heavy atom. The summed E-state index contributed by atoms with van der Waals surface area (Å²) in [5.74, 6) is -0.247. The van der Waals surface area contributed by atoms with E-state index in [-0.39, 0.29) is 16.2 Å². The Labute approximate surface area is 191 Å². The summed E-state index contributed by atoms with van der Waals surface area (Å²) in [7, 11) is -3.71. The summed E-state index contributed by atoms with van der Waals surface area (Å²) in [6, 6.07) is 20.6. The number of carbonyl (C=O) groups is 1. The maximum atomic E-state index is 12.6. The summed E-state index contributed by atoms with van der Waals surface area (Å²) in [6.45, 7) is 6.35. The fourth-order valence-electron chi connectivity index (χ4n) is 2.77. The smallest absolute Gasteiger partial charge is 0.261 e. The molecule has 0 heterocycles. The van der Waals surface area contributed by atoms with Crippen LogP contribution in [0.25, 0.3) is 0 Å². The van der Waals surface area contributed by atoms with Crippen molar-refractivity contribution in [1.82, 2.24) is 0 Å². The summed E-state index contributed by atoms with van der Waals surface area (Å²) in [4.78, 5) is 12.6. The number of sulfonamides is 1. The largest absolute Gasteiger partial charge is 0.322 e. The van der Waals surface area contributed by atoms with E-state index in [9.17, 15) is 13.2 Å². The summed E-state index contributed by atoms with van der Waals surface area (Å²) >= 11 is 2.16. The van der Waals surface area contributed by atoms with Gasteiger partial charge in [0.2, 0.25) is 0 Å². The molecule has 7 heteroatoms. The number of halogens is 1. The Hall–Kier alpha value is -2.39. The van der Waals surface area contributed by atoms with Gasteiger partial charge in [-0.3, -0.25) is 9.52 Å². The van der Waals surface area contributed by atoms with Crippen LogP contribution in [0, 0.1) is 3.57 Å². The molecule has 3 aromatic rings. The van der Waals surface area contributed by atoms with E-state index in [0.29, 0.717) is 16.9 Å². The van der Waals surface area contributed by atoms with Crippen molar-refractivity contribution in [3.63, 3.8) is 0 Å². The number of benzene rings is 3. The highest BCUT2D eigenvalue weighted by Gasteiger charge is 2.16. The number of hydrogen-bond acceptors (Lipinski definition) is 3. The van der Waals surface area contributed by atoms with Crippen LogP contribution in [0.4, 0.5) is 11.4 Å². The highest BCUT2D eigenvalue weighted by Crippen LogP contribution is 2.23. The van der Waals surface area contributed by atoms with Crippen LogP contribution in [0.5, 0.6) is 0 Å². The quantitative estimate of drug-likeness (QED) is 0.416. The molecule has 0 aliphatic rings. The van der Waals surface area contributed by atoms with Crippen molar-refractivity contribution in [3.8, 4) is 0 Å². The lowest BCUT2D eigenvalue weighted by Crippen LogP contribution is -2.15. The van der Waals surface area contributed by atoms with E-state index in [1.807, 2.05) is 24.3 Å². The van der Waals surface area contributed by atoms with Gasteiger partial charge in [0.15, 0.2) is 0 Å². The van der Waals surface area contributed by atoms with E-state index in [4.69, 9.17) is 0 Å². The summed E-state index contributed by atoms with van der Waals surface area (Å²) in [5, 5.41) is 2.80. The molecular formula is C23H23IN2O3S. The zero-order valence-corrected chi connectivity index (χ0v) is 19.9. The van der Waals surface area contributed by atoms with Gasteiger partial charge in [-0.25, -0.2) is 8.42 Å². The van der Waals surface area contributed by atoms with Crippen LogP contribution in [-0.2, 0) is 15.4 Å². The third kappa shape index (κ3) is 5.60. The minimum atomic E-state index is -3.71. The van der Waals surface area contributed by atoms with Crippen LogP contribution < -0.4 is 10.0 Å². The van der Waals surface area contributed by atoms with Crippen molar-refractivity contribution in [2.45, 2.75) is 31.1 Å². The molecule has 0 bridgehead atoms. The molecule has 0 aliphatic heterocycles.